The zero-order chi connectivity index (χ0) is 22.9. The van der Waals surface area contributed by atoms with Crippen LogP contribution >= 0.6 is 11.3 Å². The van der Waals surface area contributed by atoms with Gasteiger partial charge in [0.1, 0.15) is 17.0 Å². The third kappa shape index (κ3) is 4.97. The molecule has 0 spiro atoms. The van der Waals surface area contributed by atoms with Gasteiger partial charge >= 0.3 is 11.7 Å². The van der Waals surface area contributed by atoms with Gasteiger partial charge in [0, 0.05) is 20.4 Å². The Balaban J connectivity index is 2.02. The molecule has 1 fully saturated rings. The first kappa shape index (κ1) is 23.4. The maximum atomic E-state index is 13.2. The number of aryl methyl sites for hydroxylation is 1. The summed E-state index contributed by atoms with van der Waals surface area (Å²) in [5, 5.41) is 0.487. The topological polar surface area (TPSA) is 101 Å². The number of esters is 1. The summed E-state index contributed by atoms with van der Waals surface area (Å²) >= 11 is 1.30. The summed E-state index contributed by atoms with van der Waals surface area (Å²) in [5.41, 5.74) is -0.533. The summed E-state index contributed by atoms with van der Waals surface area (Å²) in [6, 6.07) is -0.258. The van der Waals surface area contributed by atoms with Crippen LogP contribution in [0, 0.1) is 6.92 Å². The molecule has 0 aliphatic heterocycles. The van der Waals surface area contributed by atoms with Crippen molar-refractivity contribution in [1.29, 1.82) is 0 Å². The fourth-order valence-electron chi connectivity index (χ4n) is 3.44. The molecule has 1 saturated carbocycles. The number of carbonyl (C=O) groups is 1. The second kappa shape index (κ2) is 9.05. The third-order valence-corrected chi connectivity index (χ3v) is 6.23. The van der Waals surface area contributed by atoms with Crippen molar-refractivity contribution in [3.8, 4) is 0 Å². The Bertz CT molecular complexity index is 1120. The van der Waals surface area contributed by atoms with Crippen molar-refractivity contribution >= 4 is 33.7 Å². The lowest BCUT2D eigenvalue weighted by Crippen LogP contribution is -2.40. The van der Waals surface area contributed by atoms with Gasteiger partial charge in [-0.15, -0.1) is 11.3 Å². The predicted molar refractivity (Wildman–Crippen MR) is 120 cm³/mol. The molecule has 9 nitrogen and oxygen atoms in total. The highest BCUT2D eigenvalue weighted by atomic mass is 32.1. The molecule has 2 aromatic rings. The fraction of sp³-hybridized carbons (Fsp3) is 0.619. The molecule has 0 radical (unpaired) electrons. The number of hydrogen-bond donors (Lipinski definition) is 0. The molecular weight excluding hydrogens is 422 g/mol. The van der Waals surface area contributed by atoms with E-state index in [0.29, 0.717) is 29.8 Å². The van der Waals surface area contributed by atoms with Gasteiger partial charge in [0.2, 0.25) is 0 Å². The molecule has 2 unspecified atom stereocenters. The van der Waals surface area contributed by atoms with Gasteiger partial charge in [-0.25, -0.2) is 4.79 Å². The minimum absolute atomic E-state index is 0.122. The van der Waals surface area contributed by atoms with Crippen LogP contribution < -0.4 is 11.2 Å². The number of fused-ring (bicyclic) bond motifs is 1. The lowest BCUT2D eigenvalue weighted by molar-refractivity contribution is -0.152. The standard InChI is InChI=1S/C21H29N3O6S/c1-12-15(10-22-11-16(25)30-21(2,3)4)31-19-17(12)18(26)24(13-9-14(13)29-6)20(27)23(19)7-8-28-5/h10,13-14H,7-9,11H2,1-6H3. The maximum Gasteiger partial charge on any atom is 0.332 e. The third-order valence-electron chi connectivity index (χ3n) is 4.98. The van der Waals surface area contributed by atoms with Crippen LogP contribution in [0.25, 0.3) is 10.2 Å². The van der Waals surface area contributed by atoms with Crippen LogP contribution in [0.3, 0.4) is 0 Å². The van der Waals surface area contributed by atoms with Gasteiger partial charge in [-0.05, 0) is 39.7 Å². The molecule has 3 rings (SSSR count). The van der Waals surface area contributed by atoms with Crippen LogP contribution in [0.4, 0.5) is 0 Å². The Morgan fingerprint density at radius 3 is 2.58 bits per heavy atom. The molecule has 2 aromatic heterocycles. The minimum Gasteiger partial charge on any atom is -0.459 e. The molecule has 31 heavy (non-hydrogen) atoms. The Hall–Kier alpha value is -2.30. The quantitative estimate of drug-likeness (QED) is 0.449. The summed E-state index contributed by atoms with van der Waals surface area (Å²) in [5.74, 6) is -0.429. The summed E-state index contributed by atoms with van der Waals surface area (Å²) in [6.45, 7) is 7.75. The Labute approximate surface area is 184 Å². The number of methoxy groups -OCH3 is 2. The number of ether oxygens (including phenoxy) is 3. The summed E-state index contributed by atoms with van der Waals surface area (Å²) in [6.07, 6.45) is 2.07. The van der Waals surface area contributed by atoms with Crippen LogP contribution in [-0.4, -0.2) is 60.4 Å². The summed E-state index contributed by atoms with van der Waals surface area (Å²) in [4.78, 5) is 43.8. The van der Waals surface area contributed by atoms with Gasteiger partial charge in [-0.1, -0.05) is 0 Å². The number of thiophene rings is 1. The Morgan fingerprint density at radius 2 is 2.00 bits per heavy atom. The highest BCUT2D eigenvalue weighted by Crippen LogP contribution is 2.37. The maximum absolute atomic E-state index is 13.2. The first-order valence-electron chi connectivity index (χ1n) is 10.1. The largest absolute Gasteiger partial charge is 0.459 e. The average Bonchev–Trinajstić information content (AvgIpc) is 3.37. The molecular formula is C21H29N3O6S. The van der Waals surface area contributed by atoms with Crippen LogP contribution in [0.2, 0.25) is 0 Å². The van der Waals surface area contributed by atoms with E-state index in [4.69, 9.17) is 14.2 Å². The predicted octanol–water partition coefficient (Wildman–Crippen LogP) is 1.90. The zero-order valence-corrected chi connectivity index (χ0v) is 19.6. The minimum atomic E-state index is -0.578. The highest BCUT2D eigenvalue weighted by molar-refractivity contribution is 7.20. The normalized spacial score (nSPS) is 18.8. The first-order valence-corrected chi connectivity index (χ1v) is 10.9. The molecule has 10 heteroatoms. The number of nitrogens with zero attached hydrogens (tertiary/aromatic N) is 3. The lowest BCUT2D eigenvalue weighted by atomic mass is 10.2. The van der Waals surface area contributed by atoms with Gasteiger partial charge < -0.3 is 14.2 Å². The second-order valence-corrected chi connectivity index (χ2v) is 9.54. The molecule has 1 aliphatic rings. The van der Waals surface area contributed by atoms with Gasteiger partial charge in [-0.2, -0.15) is 0 Å². The Morgan fingerprint density at radius 1 is 1.29 bits per heavy atom. The van der Waals surface area contributed by atoms with E-state index in [1.54, 1.807) is 45.8 Å². The molecule has 2 atom stereocenters. The number of rotatable bonds is 8. The van der Waals surface area contributed by atoms with Crippen molar-refractivity contribution in [1.82, 2.24) is 9.13 Å². The number of aliphatic imine (C=N–C) groups is 1. The monoisotopic (exact) mass is 451 g/mol. The molecule has 0 aromatic carbocycles. The number of aromatic nitrogens is 2. The van der Waals surface area contributed by atoms with E-state index in [2.05, 4.69) is 4.99 Å². The van der Waals surface area contributed by atoms with E-state index in [1.165, 1.54) is 15.9 Å². The van der Waals surface area contributed by atoms with Gasteiger partial charge in [-0.3, -0.25) is 23.7 Å². The van der Waals surface area contributed by atoms with E-state index in [9.17, 15) is 14.4 Å². The van der Waals surface area contributed by atoms with Crippen molar-refractivity contribution in [2.24, 2.45) is 4.99 Å². The molecule has 0 bridgehead atoms. The number of hydrogen-bond acceptors (Lipinski definition) is 8. The van der Waals surface area contributed by atoms with Crippen molar-refractivity contribution < 1.29 is 19.0 Å². The molecule has 0 saturated heterocycles. The van der Waals surface area contributed by atoms with Gasteiger partial charge in [0.25, 0.3) is 5.56 Å². The molecule has 1 aliphatic carbocycles. The summed E-state index contributed by atoms with van der Waals surface area (Å²) in [7, 11) is 3.14. The number of carbonyl (C=O) groups excluding carboxylic acids is 1. The molecule has 0 N–H and O–H groups in total. The van der Waals surface area contributed by atoms with E-state index in [0.717, 1.165) is 10.4 Å². The smallest absolute Gasteiger partial charge is 0.332 e. The van der Waals surface area contributed by atoms with Crippen LogP contribution in [0.1, 0.15) is 43.7 Å². The summed E-state index contributed by atoms with van der Waals surface area (Å²) < 4.78 is 18.6. The van der Waals surface area contributed by atoms with E-state index >= 15 is 0 Å². The van der Waals surface area contributed by atoms with E-state index < -0.39 is 11.6 Å². The van der Waals surface area contributed by atoms with Gasteiger partial charge in [0.05, 0.1) is 35.6 Å². The molecule has 0 amide bonds. The van der Waals surface area contributed by atoms with Crippen LogP contribution in [-0.2, 0) is 25.5 Å². The zero-order valence-electron chi connectivity index (χ0n) is 18.8. The fourth-order valence-corrected chi connectivity index (χ4v) is 4.65. The molecule has 2 heterocycles. The van der Waals surface area contributed by atoms with E-state index in [-0.39, 0.29) is 29.9 Å². The Kier molecular flexibility index (Phi) is 6.82. The molecule has 170 valence electrons. The van der Waals surface area contributed by atoms with Crippen molar-refractivity contribution in [3.05, 3.63) is 31.3 Å². The van der Waals surface area contributed by atoms with Crippen LogP contribution in [0.5, 0.6) is 0 Å². The van der Waals surface area contributed by atoms with Crippen molar-refractivity contribution in [3.63, 3.8) is 0 Å². The van der Waals surface area contributed by atoms with E-state index in [1.807, 2.05) is 6.92 Å². The highest BCUT2D eigenvalue weighted by Gasteiger charge is 2.42. The van der Waals surface area contributed by atoms with Gasteiger partial charge in [0.15, 0.2) is 0 Å². The SMILES string of the molecule is COCCn1c(=O)n(C2CC2OC)c(=O)c2c(C)c(C=NCC(=O)OC(C)(C)C)sc21. The average molecular weight is 452 g/mol. The first-order chi connectivity index (χ1) is 14.6. The second-order valence-electron chi connectivity index (χ2n) is 8.51. The lowest BCUT2D eigenvalue weighted by Gasteiger charge is -2.18. The van der Waals surface area contributed by atoms with Crippen LogP contribution in [0.15, 0.2) is 14.6 Å². The van der Waals surface area contributed by atoms with Crippen molar-refractivity contribution in [2.45, 2.75) is 58.4 Å². The van der Waals surface area contributed by atoms with Crippen molar-refractivity contribution in [2.75, 3.05) is 27.4 Å².